The highest BCUT2D eigenvalue weighted by Crippen LogP contribution is 2.26. The molecule has 0 aliphatic heterocycles. The maximum Gasteiger partial charge on any atom is 0.203 e. The highest BCUT2D eigenvalue weighted by Gasteiger charge is 2.42. The topological polar surface area (TPSA) is 22.1 Å². The Kier molecular flexibility index (Phi) is 5.37. The van der Waals surface area contributed by atoms with E-state index < -0.39 is 37.7 Å². The highest BCUT2D eigenvalue weighted by atomic mass is 19.2. The van der Waals surface area contributed by atoms with Crippen LogP contribution in [0.5, 0.6) is 5.75 Å². The molecular formula is C12H15F4NO. The van der Waals surface area contributed by atoms with Crippen LogP contribution in [0.1, 0.15) is 13.3 Å². The number of rotatable bonds is 7. The van der Waals surface area contributed by atoms with Crippen molar-refractivity contribution in [2.24, 2.45) is 0 Å². The molecule has 1 aromatic rings. The van der Waals surface area contributed by atoms with Gasteiger partial charge < -0.3 is 4.74 Å². The SMILES string of the molecule is CC(F)CC(F)C(F)(CF)COc1ccncc1. The monoisotopic (exact) mass is 265 g/mol. The number of nitrogens with zero attached hydrogens (tertiary/aromatic N) is 1. The number of pyridine rings is 1. The van der Waals surface area contributed by atoms with Crippen molar-refractivity contribution < 1.29 is 22.3 Å². The average molecular weight is 265 g/mol. The molecule has 0 spiro atoms. The lowest BCUT2D eigenvalue weighted by molar-refractivity contribution is -0.0232. The molecule has 0 saturated heterocycles. The zero-order chi connectivity index (χ0) is 13.6. The Bertz CT molecular complexity index is 349. The zero-order valence-electron chi connectivity index (χ0n) is 9.95. The largest absolute Gasteiger partial charge is 0.490 e. The molecule has 1 rings (SSSR count). The first-order valence-corrected chi connectivity index (χ1v) is 5.54. The molecule has 1 aromatic heterocycles. The van der Waals surface area contributed by atoms with Crippen LogP contribution in [0.15, 0.2) is 24.5 Å². The van der Waals surface area contributed by atoms with Crippen molar-refractivity contribution in [3.8, 4) is 5.75 Å². The van der Waals surface area contributed by atoms with Crippen LogP contribution in [-0.2, 0) is 0 Å². The normalized spacial score (nSPS) is 17.8. The van der Waals surface area contributed by atoms with Crippen molar-refractivity contribution in [3.05, 3.63) is 24.5 Å². The van der Waals surface area contributed by atoms with E-state index in [9.17, 15) is 17.6 Å². The van der Waals surface area contributed by atoms with E-state index in [0.29, 0.717) is 0 Å². The van der Waals surface area contributed by atoms with Gasteiger partial charge >= 0.3 is 0 Å². The van der Waals surface area contributed by atoms with E-state index in [1.165, 1.54) is 24.5 Å². The summed E-state index contributed by atoms with van der Waals surface area (Å²) in [4.78, 5) is 3.71. The van der Waals surface area contributed by atoms with Gasteiger partial charge in [0.1, 0.15) is 31.4 Å². The van der Waals surface area contributed by atoms with Gasteiger partial charge in [0.15, 0.2) is 0 Å². The molecule has 0 aromatic carbocycles. The van der Waals surface area contributed by atoms with Gasteiger partial charge in [0, 0.05) is 18.8 Å². The minimum absolute atomic E-state index is 0.251. The lowest BCUT2D eigenvalue weighted by atomic mass is 9.98. The predicted octanol–water partition coefficient (Wildman–Crippen LogP) is 3.22. The molecule has 0 amide bonds. The van der Waals surface area contributed by atoms with Gasteiger partial charge in [-0.25, -0.2) is 17.6 Å². The zero-order valence-corrected chi connectivity index (χ0v) is 9.95. The second-order valence-electron chi connectivity index (χ2n) is 4.12. The smallest absolute Gasteiger partial charge is 0.203 e. The second-order valence-corrected chi connectivity index (χ2v) is 4.12. The first kappa shape index (κ1) is 14.7. The van der Waals surface area contributed by atoms with Crippen LogP contribution < -0.4 is 4.74 Å². The van der Waals surface area contributed by atoms with Gasteiger partial charge in [0.2, 0.25) is 5.67 Å². The van der Waals surface area contributed by atoms with Crippen LogP contribution >= 0.6 is 0 Å². The molecule has 0 saturated carbocycles. The molecule has 6 heteroatoms. The second kappa shape index (κ2) is 6.56. The minimum atomic E-state index is -2.83. The number of aromatic nitrogens is 1. The fraction of sp³-hybridized carbons (Fsp3) is 0.583. The molecule has 18 heavy (non-hydrogen) atoms. The van der Waals surface area contributed by atoms with Crippen molar-refractivity contribution in [1.29, 1.82) is 0 Å². The van der Waals surface area contributed by atoms with E-state index in [-0.39, 0.29) is 5.75 Å². The van der Waals surface area contributed by atoms with Crippen LogP contribution in [0, 0.1) is 0 Å². The molecule has 1 heterocycles. The van der Waals surface area contributed by atoms with Crippen molar-refractivity contribution in [3.63, 3.8) is 0 Å². The van der Waals surface area contributed by atoms with E-state index >= 15 is 0 Å². The third-order valence-electron chi connectivity index (χ3n) is 2.44. The predicted molar refractivity (Wildman–Crippen MR) is 59.6 cm³/mol. The van der Waals surface area contributed by atoms with Crippen molar-refractivity contribution in [2.75, 3.05) is 13.3 Å². The maximum atomic E-state index is 13.9. The molecule has 0 aliphatic carbocycles. The van der Waals surface area contributed by atoms with Gasteiger partial charge in [0.05, 0.1) is 0 Å². The van der Waals surface area contributed by atoms with Gasteiger partial charge in [-0.2, -0.15) is 0 Å². The maximum absolute atomic E-state index is 13.9. The van der Waals surface area contributed by atoms with Crippen LogP contribution in [-0.4, -0.2) is 36.3 Å². The molecule has 0 N–H and O–H groups in total. The number of halogens is 4. The Labute approximate surface area is 103 Å². The van der Waals surface area contributed by atoms with Crippen LogP contribution in [0.4, 0.5) is 17.6 Å². The standard InChI is InChI=1S/C12H15F4NO/c1-9(14)6-11(15)12(16,7-13)8-18-10-2-4-17-5-3-10/h2-5,9,11H,6-8H2,1H3. The Balaban J connectivity index is 2.59. The van der Waals surface area contributed by atoms with E-state index in [1.807, 2.05) is 0 Å². The number of hydrogen-bond donors (Lipinski definition) is 0. The summed E-state index contributed by atoms with van der Waals surface area (Å²) >= 11 is 0. The number of ether oxygens (including phenoxy) is 1. The van der Waals surface area contributed by atoms with E-state index in [0.717, 1.165) is 6.92 Å². The molecule has 0 fully saturated rings. The van der Waals surface area contributed by atoms with Crippen LogP contribution in [0.25, 0.3) is 0 Å². The van der Waals surface area contributed by atoms with Gasteiger partial charge in [0.25, 0.3) is 0 Å². The molecule has 102 valence electrons. The summed E-state index contributed by atoms with van der Waals surface area (Å²) in [5.41, 5.74) is -2.83. The summed E-state index contributed by atoms with van der Waals surface area (Å²) in [6.07, 6.45) is -1.67. The molecule has 0 radical (unpaired) electrons. The van der Waals surface area contributed by atoms with Crippen molar-refractivity contribution in [2.45, 2.75) is 31.4 Å². The summed E-state index contributed by atoms with van der Waals surface area (Å²) in [6.45, 7) is -1.28. The Morgan fingerprint density at radius 2 is 1.94 bits per heavy atom. The summed E-state index contributed by atoms with van der Waals surface area (Å²) in [7, 11) is 0. The molecule has 3 unspecified atom stereocenters. The van der Waals surface area contributed by atoms with E-state index in [2.05, 4.69) is 4.98 Å². The van der Waals surface area contributed by atoms with Crippen molar-refractivity contribution >= 4 is 0 Å². The quantitative estimate of drug-likeness (QED) is 0.706. The summed E-state index contributed by atoms with van der Waals surface area (Å²) in [5, 5.41) is 0. The lowest BCUT2D eigenvalue weighted by Crippen LogP contribution is -2.44. The lowest BCUT2D eigenvalue weighted by Gasteiger charge is -2.26. The minimum Gasteiger partial charge on any atom is -0.490 e. The first-order chi connectivity index (χ1) is 8.48. The van der Waals surface area contributed by atoms with Gasteiger partial charge in [-0.3, -0.25) is 4.98 Å². The van der Waals surface area contributed by atoms with Gasteiger partial charge in [-0.1, -0.05) is 0 Å². The Morgan fingerprint density at radius 1 is 1.33 bits per heavy atom. The van der Waals surface area contributed by atoms with Gasteiger partial charge in [-0.05, 0) is 19.1 Å². The summed E-state index contributed by atoms with van der Waals surface area (Å²) in [6, 6.07) is 2.87. The fourth-order valence-corrected chi connectivity index (χ4v) is 1.35. The third-order valence-corrected chi connectivity index (χ3v) is 2.44. The summed E-state index contributed by atoms with van der Waals surface area (Å²) in [5.74, 6) is 0.251. The Hall–Kier alpha value is -1.33. The van der Waals surface area contributed by atoms with E-state index in [1.54, 1.807) is 0 Å². The first-order valence-electron chi connectivity index (χ1n) is 5.54. The van der Waals surface area contributed by atoms with Crippen molar-refractivity contribution in [1.82, 2.24) is 4.98 Å². The molecule has 3 atom stereocenters. The number of alkyl halides is 4. The summed E-state index contributed by atoms with van der Waals surface area (Å²) < 4.78 is 57.5. The Morgan fingerprint density at radius 3 is 2.44 bits per heavy atom. The van der Waals surface area contributed by atoms with Gasteiger partial charge in [-0.15, -0.1) is 0 Å². The molecule has 0 aliphatic rings. The van der Waals surface area contributed by atoms with E-state index in [4.69, 9.17) is 4.74 Å². The van der Waals surface area contributed by atoms with Crippen LogP contribution in [0.2, 0.25) is 0 Å². The third kappa shape index (κ3) is 4.16. The van der Waals surface area contributed by atoms with Crippen LogP contribution in [0.3, 0.4) is 0 Å². The molecular weight excluding hydrogens is 250 g/mol. The molecule has 2 nitrogen and oxygen atoms in total. The number of hydrogen-bond acceptors (Lipinski definition) is 2. The molecule has 0 bridgehead atoms. The highest BCUT2D eigenvalue weighted by molar-refractivity contribution is 5.17. The fourth-order valence-electron chi connectivity index (χ4n) is 1.35. The average Bonchev–Trinajstić information content (AvgIpc) is 2.36.